The lowest BCUT2D eigenvalue weighted by molar-refractivity contribution is -0.136. The second-order valence-electron chi connectivity index (χ2n) is 7.09. The summed E-state index contributed by atoms with van der Waals surface area (Å²) in [6.07, 6.45) is -3.75. The topological polar surface area (TPSA) is 60.2 Å². The van der Waals surface area contributed by atoms with E-state index < -0.39 is 29.0 Å². The van der Waals surface area contributed by atoms with Gasteiger partial charge >= 0.3 is 6.18 Å². The number of carbonyl (C=O) groups excluding carboxylic acids is 1. The Morgan fingerprint density at radius 1 is 1.03 bits per heavy atom. The van der Waals surface area contributed by atoms with Crippen LogP contribution in [-0.4, -0.2) is 42.0 Å². The SMILES string of the molecule is N#Cc1c(F)cccc1N1CCN(C(=O)c2cnc3ccccc3c2C(F)(F)F)CC1. The molecule has 1 fully saturated rings. The van der Waals surface area contributed by atoms with Gasteiger partial charge in [0, 0.05) is 37.8 Å². The quantitative estimate of drug-likeness (QED) is 0.574. The van der Waals surface area contributed by atoms with Crippen LogP contribution in [-0.2, 0) is 6.18 Å². The summed E-state index contributed by atoms with van der Waals surface area (Å²) >= 11 is 0. The Morgan fingerprint density at radius 2 is 1.74 bits per heavy atom. The van der Waals surface area contributed by atoms with Gasteiger partial charge in [-0.05, 0) is 18.2 Å². The summed E-state index contributed by atoms with van der Waals surface area (Å²) in [7, 11) is 0. The first-order valence-electron chi connectivity index (χ1n) is 9.49. The highest BCUT2D eigenvalue weighted by atomic mass is 19.4. The fraction of sp³-hybridized carbons (Fsp3) is 0.227. The fourth-order valence-electron chi connectivity index (χ4n) is 3.82. The molecule has 0 aliphatic carbocycles. The molecular formula is C22H16F4N4O. The van der Waals surface area contributed by atoms with Gasteiger partial charge in [0.2, 0.25) is 0 Å². The molecule has 5 nitrogen and oxygen atoms in total. The van der Waals surface area contributed by atoms with Crippen LogP contribution in [0.3, 0.4) is 0 Å². The van der Waals surface area contributed by atoms with Crippen LogP contribution < -0.4 is 4.90 Å². The van der Waals surface area contributed by atoms with Crippen LogP contribution in [0.1, 0.15) is 21.5 Å². The number of pyridine rings is 1. The van der Waals surface area contributed by atoms with Crippen molar-refractivity contribution in [1.82, 2.24) is 9.88 Å². The van der Waals surface area contributed by atoms with Crippen LogP contribution in [0.4, 0.5) is 23.2 Å². The minimum absolute atomic E-state index is 0.0969. The van der Waals surface area contributed by atoms with Crippen LogP contribution in [0, 0.1) is 17.1 Å². The lowest BCUT2D eigenvalue weighted by Gasteiger charge is -2.36. The number of rotatable bonds is 2. The molecule has 0 radical (unpaired) electrons. The van der Waals surface area contributed by atoms with Crippen LogP contribution in [0.2, 0.25) is 0 Å². The summed E-state index contributed by atoms with van der Waals surface area (Å²) in [6.45, 7) is 0.771. The number of nitrogens with zero attached hydrogens (tertiary/aromatic N) is 4. The highest BCUT2D eigenvalue weighted by Gasteiger charge is 2.39. The Labute approximate surface area is 175 Å². The smallest absolute Gasteiger partial charge is 0.367 e. The maximum Gasteiger partial charge on any atom is 0.417 e. The van der Waals surface area contributed by atoms with E-state index in [1.807, 2.05) is 6.07 Å². The predicted molar refractivity (Wildman–Crippen MR) is 106 cm³/mol. The van der Waals surface area contributed by atoms with Crippen LogP contribution in [0.25, 0.3) is 10.9 Å². The Morgan fingerprint density at radius 3 is 2.42 bits per heavy atom. The van der Waals surface area contributed by atoms with Gasteiger partial charge < -0.3 is 9.80 Å². The van der Waals surface area contributed by atoms with E-state index in [2.05, 4.69) is 4.98 Å². The number of fused-ring (bicyclic) bond motifs is 1. The van der Waals surface area contributed by atoms with E-state index in [1.165, 1.54) is 35.2 Å². The zero-order chi connectivity index (χ0) is 22.2. The molecule has 0 bridgehead atoms. The molecule has 4 rings (SSSR count). The third kappa shape index (κ3) is 3.77. The highest BCUT2D eigenvalue weighted by Crippen LogP contribution is 2.37. The summed E-state index contributed by atoms with van der Waals surface area (Å²) in [5, 5.41) is 9.09. The molecule has 31 heavy (non-hydrogen) atoms. The lowest BCUT2D eigenvalue weighted by atomic mass is 10.0. The number of piperazine rings is 1. The van der Waals surface area contributed by atoms with E-state index >= 15 is 0 Å². The van der Waals surface area contributed by atoms with Crippen molar-refractivity contribution in [1.29, 1.82) is 5.26 Å². The number of halogens is 4. The molecule has 0 atom stereocenters. The zero-order valence-electron chi connectivity index (χ0n) is 16.2. The normalized spacial score (nSPS) is 14.5. The minimum Gasteiger partial charge on any atom is -0.367 e. The van der Waals surface area contributed by atoms with E-state index in [-0.39, 0.29) is 42.6 Å². The van der Waals surface area contributed by atoms with Crippen molar-refractivity contribution in [2.75, 3.05) is 31.1 Å². The molecule has 1 saturated heterocycles. The molecule has 2 heterocycles. The van der Waals surface area contributed by atoms with Gasteiger partial charge in [0.15, 0.2) is 0 Å². The average Bonchev–Trinajstić information content (AvgIpc) is 2.77. The molecule has 0 unspecified atom stereocenters. The van der Waals surface area contributed by atoms with Gasteiger partial charge in [-0.2, -0.15) is 18.4 Å². The molecule has 1 aliphatic rings. The van der Waals surface area contributed by atoms with Crippen LogP contribution in [0.15, 0.2) is 48.7 Å². The van der Waals surface area contributed by atoms with Crippen molar-refractivity contribution >= 4 is 22.5 Å². The van der Waals surface area contributed by atoms with E-state index in [1.54, 1.807) is 17.0 Å². The van der Waals surface area contributed by atoms with E-state index in [4.69, 9.17) is 0 Å². The van der Waals surface area contributed by atoms with Crippen molar-refractivity contribution in [2.24, 2.45) is 0 Å². The van der Waals surface area contributed by atoms with Gasteiger partial charge in [-0.15, -0.1) is 0 Å². The number of aromatic nitrogens is 1. The highest BCUT2D eigenvalue weighted by molar-refractivity contribution is 6.00. The Bertz CT molecular complexity index is 1190. The molecule has 0 spiro atoms. The third-order valence-electron chi connectivity index (χ3n) is 5.30. The number of para-hydroxylation sites is 1. The van der Waals surface area contributed by atoms with E-state index in [0.717, 1.165) is 6.20 Å². The number of carbonyl (C=O) groups is 1. The number of hydrogen-bond acceptors (Lipinski definition) is 4. The largest absolute Gasteiger partial charge is 0.417 e. The summed E-state index contributed by atoms with van der Waals surface area (Å²) in [5.41, 5.74) is -1.03. The van der Waals surface area contributed by atoms with Gasteiger partial charge in [-0.1, -0.05) is 24.3 Å². The number of nitriles is 1. The number of hydrogen-bond donors (Lipinski definition) is 0. The van der Waals surface area contributed by atoms with Gasteiger partial charge in [-0.25, -0.2) is 4.39 Å². The molecule has 1 aliphatic heterocycles. The van der Waals surface area contributed by atoms with Crippen molar-refractivity contribution in [3.8, 4) is 6.07 Å². The zero-order valence-corrected chi connectivity index (χ0v) is 16.2. The first-order chi connectivity index (χ1) is 14.8. The molecule has 1 amide bonds. The van der Waals surface area contributed by atoms with Gasteiger partial charge in [-0.3, -0.25) is 9.78 Å². The summed E-state index contributed by atoms with van der Waals surface area (Å²) in [5.74, 6) is -1.40. The van der Waals surface area contributed by atoms with Gasteiger partial charge in [0.25, 0.3) is 5.91 Å². The number of alkyl halides is 3. The summed E-state index contributed by atoms with van der Waals surface area (Å²) < 4.78 is 55.4. The first-order valence-corrected chi connectivity index (χ1v) is 9.49. The van der Waals surface area contributed by atoms with E-state index in [9.17, 15) is 27.6 Å². The monoisotopic (exact) mass is 428 g/mol. The van der Waals surface area contributed by atoms with Crippen molar-refractivity contribution in [2.45, 2.75) is 6.18 Å². The molecule has 3 aromatic rings. The minimum atomic E-state index is -4.72. The Kier molecular flexibility index (Phi) is 5.23. The third-order valence-corrected chi connectivity index (χ3v) is 5.30. The molecule has 0 saturated carbocycles. The second-order valence-corrected chi connectivity index (χ2v) is 7.09. The molecule has 2 aromatic carbocycles. The van der Waals surface area contributed by atoms with Crippen molar-refractivity contribution < 1.29 is 22.4 Å². The number of amides is 1. The Balaban J connectivity index is 1.61. The molecule has 9 heteroatoms. The van der Waals surface area contributed by atoms with Gasteiger partial charge in [0.1, 0.15) is 17.4 Å². The second kappa shape index (κ2) is 7.87. The fourth-order valence-corrected chi connectivity index (χ4v) is 3.82. The number of anilines is 1. The standard InChI is InChI=1S/C22H16F4N4O/c23-17-5-3-7-19(15(17)12-27)29-8-10-30(11-9-29)21(31)16-13-28-18-6-2-1-4-14(18)20(16)22(24,25)26/h1-7,13H,8-11H2. The predicted octanol–water partition coefficient (Wildman–Crippen LogP) is 4.23. The van der Waals surface area contributed by atoms with Crippen molar-refractivity contribution in [3.63, 3.8) is 0 Å². The lowest BCUT2D eigenvalue weighted by Crippen LogP contribution is -2.49. The molecular weight excluding hydrogens is 412 g/mol. The number of benzene rings is 2. The molecule has 158 valence electrons. The maximum absolute atomic E-state index is 13.9. The van der Waals surface area contributed by atoms with E-state index in [0.29, 0.717) is 5.69 Å². The molecule has 0 N–H and O–H groups in total. The summed E-state index contributed by atoms with van der Waals surface area (Å²) in [6, 6.07) is 11.9. The Hall–Kier alpha value is -3.67. The maximum atomic E-state index is 13.9. The van der Waals surface area contributed by atoms with Gasteiger partial charge in [0.05, 0.1) is 22.3 Å². The summed E-state index contributed by atoms with van der Waals surface area (Å²) in [4.78, 5) is 20.1. The van der Waals surface area contributed by atoms with Crippen LogP contribution in [0.5, 0.6) is 0 Å². The van der Waals surface area contributed by atoms with Crippen molar-refractivity contribution in [3.05, 3.63) is 71.2 Å². The van der Waals surface area contributed by atoms with Crippen LogP contribution >= 0.6 is 0 Å². The average molecular weight is 428 g/mol. The first kappa shape index (κ1) is 20.6. The molecule has 1 aromatic heterocycles.